The molecule has 0 atom stereocenters. The molecule has 0 bridgehead atoms. The van der Waals surface area contributed by atoms with Gasteiger partial charge in [0.05, 0.1) is 0 Å². The van der Waals surface area contributed by atoms with Crippen molar-refractivity contribution in [3.05, 3.63) is 47.9 Å². The highest BCUT2D eigenvalue weighted by Gasteiger charge is 2.09. The van der Waals surface area contributed by atoms with E-state index in [1.54, 1.807) is 11.3 Å². The van der Waals surface area contributed by atoms with Crippen LogP contribution in [0.2, 0.25) is 0 Å². The molecule has 3 aromatic rings. The second-order valence-electron chi connectivity index (χ2n) is 4.07. The summed E-state index contributed by atoms with van der Waals surface area (Å²) in [4.78, 5) is 21.1. The van der Waals surface area contributed by atoms with Gasteiger partial charge in [0.15, 0.2) is 6.29 Å². The number of aryl methyl sites for hydroxylation is 1. The molecule has 0 saturated carbocycles. The fourth-order valence-electron chi connectivity index (χ4n) is 1.83. The molecule has 0 saturated heterocycles. The molecule has 0 fully saturated rings. The standard InChI is InChI=1S/C14H10N2OS/c1-9-2-4-10(5-3-9)13-6-11-12(7-17)15-8-16-14(11)18-13/h2-8H,1H3. The zero-order chi connectivity index (χ0) is 12.5. The molecule has 0 aliphatic rings. The van der Waals surface area contributed by atoms with Crippen LogP contribution in [0.3, 0.4) is 0 Å². The van der Waals surface area contributed by atoms with Crippen LogP contribution in [0.25, 0.3) is 20.7 Å². The van der Waals surface area contributed by atoms with Gasteiger partial charge in [-0.2, -0.15) is 0 Å². The Kier molecular flexibility index (Phi) is 2.64. The normalized spacial score (nSPS) is 10.7. The molecular formula is C14H10N2OS. The first-order valence-electron chi connectivity index (χ1n) is 5.54. The number of carbonyl (C=O) groups excluding carboxylic acids is 1. The highest BCUT2D eigenvalue weighted by molar-refractivity contribution is 7.21. The third-order valence-corrected chi connectivity index (χ3v) is 3.90. The second kappa shape index (κ2) is 4.31. The zero-order valence-corrected chi connectivity index (χ0v) is 10.6. The predicted molar refractivity (Wildman–Crippen MR) is 73.0 cm³/mol. The summed E-state index contributed by atoms with van der Waals surface area (Å²) in [5.41, 5.74) is 2.82. The van der Waals surface area contributed by atoms with Crippen molar-refractivity contribution >= 4 is 27.8 Å². The maximum Gasteiger partial charge on any atom is 0.169 e. The molecule has 3 rings (SSSR count). The molecule has 2 heterocycles. The molecule has 3 nitrogen and oxygen atoms in total. The van der Waals surface area contributed by atoms with E-state index in [2.05, 4.69) is 41.2 Å². The average molecular weight is 254 g/mol. The number of hydrogen-bond donors (Lipinski definition) is 0. The molecule has 0 aliphatic carbocycles. The number of carbonyl (C=O) groups is 1. The Morgan fingerprint density at radius 2 is 1.94 bits per heavy atom. The van der Waals surface area contributed by atoms with Gasteiger partial charge in [-0.3, -0.25) is 4.79 Å². The quantitative estimate of drug-likeness (QED) is 0.657. The van der Waals surface area contributed by atoms with E-state index in [4.69, 9.17) is 0 Å². The van der Waals surface area contributed by atoms with Crippen LogP contribution in [0.4, 0.5) is 0 Å². The maximum atomic E-state index is 10.9. The van der Waals surface area contributed by atoms with Gasteiger partial charge in [-0.15, -0.1) is 11.3 Å². The number of thiophene rings is 1. The summed E-state index contributed by atoms with van der Waals surface area (Å²) in [5, 5.41) is 0.827. The van der Waals surface area contributed by atoms with Crippen LogP contribution in [-0.4, -0.2) is 16.3 Å². The van der Waals surface area contributed by atoms with Crippen LogP contribution in [0, 0.1) is 6.92 Å². The van der Waals surface area contributed by atoms with E-state index >= 15 is 0 Å². The molecule has 0 unspecified atom stereocenters. The Morgan fingerprint density at radius 3 is 2.67 bits per heavy atom. The van der Waals surface area contributed by atoms with Crippen LogP contribution < -0.4 is 0 Å². The summed E-state index contributed by atoms with van der Waals surface area (Å²) in [6, 6.07) is 10.3. The van der Waals surface area contributed by atoms with Gasteiger partial charge in [-0.05, 0) is 18.6 Å². The van der Waals surface area contributed by atoms with Crippen molar-refractivity contribution < 1.29 is 4.79 Å². The van der Waals surface area contributed by atoms with Crippen LogP contribution in [-0.2, 0) is 0 Å². The summed E-state index contributed by atoms with van der Waals surface area (Å²) in [6.07, 6.45) is 2.21. The summed E-state index contributed by atoms with van der Waals surface area (Å²) in [6.45, 7) is 2.06. The van der Waals surface area contributed by atoms with Crippen molar-refractivity contribution in [2.75, 3.05) is 0 Å². The van der Waals surface area contributed by atoms with E-state index in [0.29, 0.717) is 5.69 Å². The van der Waals surface area contributed by atoms with Crippen LogP contribution >= 0.6 is 11.3 Å². The molecule has 0 amide bonds. The highest BCUT2D eigenvalue weighted by Crippen LogP contribution is 2.32. The molecule has 0 radical (unpaired) electrons. The van der Waals surface area contributed by atoms with Crippen molar-refractivity contribution in [3.8, 4) is 10.4 Å². The van der Waals surface area contributed by atoms with Gasteiger partial charge in [-0.25, -0.2) is 9.97 Å². The molecule has 0 spiro atoms. The molecule has 0 N–H and O–H groups in total. The molecule has 0 aliphatic heterocycles. The molecule has 1 aromatic carbocycles. The molecular weight excluding hydrogens is 244 g/mol. The minimum absolute atomic E-state index is 0.453. The van der Waals surface area contributed by atoms with Crippen molar-refractivity contribution in [1.82, 2.24) is 9.97 Å². The Hall–Kier alpha value is -2.07. The van der Waals surface area contributed by atoms with E-state index < -0.39 is 0 Å². The predicted octanol–water partition coefficient (Wildman–Crippen LogP) is 3.48. The first kappa shape index (κ1) is 11.0. The Labute approximate surface area is 108 Å². The van der Waals surface area contributed by atoms with Gasteiger partial charge < -0.3 is 0 Å². The van der Waals surface area contributed by atoms with Gasteiger partial charge >= 0.3 is 0 Å². The van der Waals surface area contributed by atoms with E-state index in [9.17, 15) is 4.79 Å². The highest BCUT2D eigenvalue weighted by atomic mass is 32.1. The number of nitrogens with zero attached hydrogens (tertiary/aromatic N) is 2. The largest absolute Gasteiger partial charge is 0.296 e. The van der Waals surface area contributed by atoms with E-state index in [1.807, 2.05) is 6.07 Å². The van der Waals surface area contributed by atoms with Crippen molar-refractivity contribution in [1.29, 1.82) is 0 Å². The Bertz CT molecular complexity index is 716. The van der Waals surface area contributed by atoms with Crippen LogP contribution in [0.1, 0.15) is 16.1 Å². The van der Waals surface area contributed by atoms with Gasteiger partial charge in [0.25, 0.3) is 0 Å². The fraction of sp³-hybridized carbons (Fsp3) is 0.0714. The van der Waals surface area contributed by atoms with Gasteiger partial charge in [0.2, 0.25) is 0 Å². The number of aldehydes is 1. The Balaban J connectivity index is 2.19. The zero-order valence-electron chi connectivity index (χ0n) is 9.75. The molecule has 18 heavy (non-hydrogen) atoms. The van der Waals surface area contributed by atoms with E-state index in [-0.39, 0.29) is 0 Å². The van der Waals surface area contributed by atoms with Gasteiger partial charge in [0.1, 0.15) is 16.9 Å². The third kappa shape index (κ3) is 1.80. The van der Waals surface area contributed by atoms with Gasteiger partial charge in [-0.1, -0.05) is 29.8 Å². The maximum absolute atomic E-state index is 10.9. The van der Waals surface area contributed by atoms with Crippen molar-refractivity contribution in [3.63, 3.8) is 0 Å². The van der Waals surface area contributed by atoms with Crippen molar-refractivity contribution in [2.45, 2.75) is 6.92 Å². The van der Waals surface area contributed by atoms with E-state index in [0.717, 1.165) is 26.9 Å². The number of benzene rings is 1. The fourth-order valence-corrected chi connectivity index (χ4v) is 2.84. The lowest BCUT2D eigenvalue weighted by molar-refractivity contribution is 0.112. The number of hydrogen-bond acceptors (Lipinski definition) is 4. The molecule has 2 aromatic heterocycles. The summed E-state index contributed by atoms with van der Waals surface area (Å²) in [5.74, 6) is 0. The Morgan fingerprint density at radius 1 is 1.17 bits per heavy atom. The third-order valence-electron chi connectivity index (χ3n) is 2.81. The first-order valence-corrected chi connectivity index (χ1v) is 6.36. The monoisotopic (exact) mass is 254 g/mol. The van der Waals surface area contributed by atoms with E-state index in [1.165, 1.54) is 11.9 Å². The number of fused-ring (bicyclic) bond motifs is 1. The lowest BCUT2D eigenvalue weighted by Crippen LogP contribution is -1.87. The number of rotatable bonds is 2. The summed E-state index contributed by atoms with van der Waals surface area (Å²) in [7, 11) is 0. The summed E-state index contributed by atoms with van der Waals surface area (Å²) < 4.78 is 0. The number of aromatic nitrogens is 2. The minimum atomic E-state index is 0.453. The minimum Gasteiger partial charge on any atom is -0.296 e. The van der Waals surface area contributed by atoms with Gasteiger partial charge in [0, 0.05) is 10.3 Å². The SMILES string of the molecule is Cc1ccc(-c2cc3c(C=O)ncnc3s2)cc1. The lowest BCUT2D eigenvalue weighted by atomic mass is 10.1. The second-order valence-corrected chi connectivity index (χ2v) is 5.10. The topological polar surface area (TPSA) is 42.9 Å². The smallest absolute Gasteiger partial charge is 0.169 e. The molecule has 4 heteroatoms. The first-order chi connectivity index (χ1) is 8.78. The van der Waals surface area contributed by atoms with Crippen LogP contribution in [0.15, 0.2) is 36.7 Å². The van der Waals surface area contributed by atoms with Crippen LogP contribution in [0.5, 0.6) is 0 Å². The molecule has 88 valence electrons. The average Bonchev–Trinajstić information content (AvgIpc) is 2.83. The lowest BCUT2D eigenvalue weighted by Gasteiger charge is -1.96. The summed E-state index contributed by atoms with van der Waals surface area (Å²) >= 11 is 1.58. The van der Waals surface area contributed by atoms with Crippen molar-refractivity contribution in [2.24, 2.45) is 0 Å².